The largest absolute Gasteiger partial charge is 0.477 e. The minimum Gasteiger partial charge on any atom is -0.477 e. The van der Waals surface area contributed by atoms with Gasteiger partial charge in [-0.15, -0.1) is 0 Å². The standard InChI is InChI=1S/C16H29NOSi/c1-5-19(6-2,7-3)14-9-8-13-18-16-15(4)11-10-12-17-16/h10-12H,5-9,13-14H2,1-4H3. The van der Waals surface area contributed by atoms with E-state index in [9.17, 15) is 0 Å². The third-order valence-electron chi connectivity index (χ3n) is 4.55. The van der Waals surface area contributed by atoms with Crippen molar-refractivity contribution >= 4 is 8.07 Å². The summed E-state index contributed by atoms with van der Waals surface area (Å²) in [7, 11) is -0.929. The predicted molar refractivity (Wildman–Crippen MR) is 85.7 cm³/mol. The SMILES string of the molecule is CC[Si](CC)(CC)CCCCOc1ncccc1C. The molecular formula is C16H29NOSi. The highest BCUT2D eigenvalue weighted by Crippen LogP contribution is 2.27. The van der Waals surface area contributed by atoms with E-state index in [4.69, 9.17) is 4.74 Å². The van der Waals surface area contributed by atoms with Crippen LogP contribution in [0.1, 0.15) is 39.2 Å². The highest BCUT2D eigenvalue weighted by molar-refractivity contribution is 6.79. The number of rotatable bonds is 9. The molecule has 0 saturated heterocycles. The van der Waals surface area contributed by atoms with Crippen LogP contribution in [-0.4, -0.2) is 19.7 Å². The molecule has 1 heterocycles. The summed E-state index contributed by atoms with van der Waals surface area (Å²) in [6, 6.07) is 9.75. The van der Waals surface area contributed by atoms with Crippen molar-refractivity contribution in [3.63, 3.8) is 0 Å². The fraction of sp³-hybridized carbons (Fsp3) is 0.688. The fourth-order valence-electron chi connectivity index (χ4n) is 2.67. The van der Waals surface area contributed by atoms with Gasteiger partial charge in [0.05, 0.1) is 14.7 Å². The number of hydrogen-bond donors (Lipinski definition) is 0. The number of aryl methyl sites for hydroxylation is 1. The molecule has 0 aliphatic rings. The number of nitrogens with zero attached hydrogens (tertiary/aromatic N) is 1. The lowest BCUT2D eigenvalue weighted by atomic mass is 10.3. The Bertz CT molecular complexity index is 355. The molecule has 19 heavy (non-hydrogen) atoms. The van der Waals surface area contributed by atoms with Crippen molar-refractivity contribution in [1.29, 1.82) is 0 Å². The number of aromatic nitrogens is 1. The van der Waals surface area contributed by atoms with Gasteiger partial charge in [-0.1, -0.05) is 57.4 Å². The van der Waals surface area contributed by atoms with Gasteiger partial charge in [0.2, 0.25) is 5.88 Å². The zero-order valence-electron chi connectivity index (χ0n) is 13.0. The summed E-state index contributed by atoms with van der Waals surface area (Å²) < 4.78 is 5.76. The molecule has 0 amide bonds. The van der Waals surface area contributed by atoms with Crippen LogP contribution in [0.25, 0.3) is 0 Å². The maximum absolute atomic E-state index is 5.76. The Kier molecular flexibility index (Phi) is 7.14. The fourth-order valence-corrected chi connectivity index (χ4v) is 6.23. The van der Waals surface area contributed by atoms with Gasteiger partial charge < -0.3 is 4.74 Å². The molecule has 2 nitrogen and oxygen atoms in total. The van der Waals surface area contributed by atoms with E-state index in [1.165, 1.54) is 30.6 Å². The molecule has 0 unspecified atom stereocenters. The normalized spacial score (nSPS) is 11.6. The van der Waals surface area contributed by atoms with Crippen LogP contribution in [0.2, 0.25) is 24.2 Å². The minimum absolute atomic E-state index is 0.799. The summed E-state index contributed by atoms with van der Waals surface area (Å²) in [4.78, 5) is 4.26. The maximum atomic E-state index is 5.76. The topological polar surface area (TPSA) is 22.1 Å². The second-order valence-electron chi connectivity index (χ2n) is 5.49. The van der Waals surface area contributed by atoms with E-state index in [0.717, 1.165) is 24.5 Å². The molecule has 0 bridgehead atoms. The van der Waals surface area contributed by atoms with E-state index in [2.05, 4.69) is 25.8 Å². The second kappa shape index (κ2) is 8.36. The van der Waals surface area contributed by atoms with E-state index in [-0.39, 0.29) is 0 Å². The molecule has 1 rings (SSSR count). The van der Waals surface area contributed by atoms with Gasteiger partial charge in [0, 0.05) is 11.8 Å². The van der Waals surface area contributed by atoms with Crippen molar-refractivity contribution in [3.8, 4) is 5.88 Å². The van der Waals surface area contributed by atoms with Crippen molar-refractivity contribution in [2.75, 3.05) is 6.61 Å². The molecule has 0 spiro atoms. The first-order valence-corrected chi connectivity index (χ1v) is 10.5. The predicted octanol–water partition coefficient (Wildman–Crippen LogP) is 5.06. The molecule has 1 aromatic heterocycles. The van der Waals surface area contributed by atoms with E-state index >= 15 is 0 Å². The molecular weight excluding hydrogens is 250 g/mol. The summed E-state index contributed by atoms with van der Waals surface area (Å²) in [6.07, 6.45) is 4.27. The Morgan fingerprint density at radius 2 is 1.79 bits per heavy atom. The average molecular weight is 280 g/mol. The Balaban J connectivity index is 2.26. The lowest BCUT2D eigenvalue weighted by Crippen LogP contribution is -2.30. The van der Waals surface area contributed by atoms with Crippen molar-refractivity contribution in [1.82, 2.24) is 4.98 Å². The maximum Gasteiger partial charge on any atom is 0.216 e. The Labute approximate surface area is 119 Å². The van der Waals surface area contributed by atoms with Gasteiger partial charge in [0.25, 0.3) is 0 Å². The second-order valence-corrected chi connectivity index (χ2v) is 11.1. The molecule has 3 heteroatoms. The molecule has 0 aliphatic heterocycles. The smallest absolute Gasteiger partial charge is 0.216 e. The Hall–Kier alpha value is -0.833. The Morgan fingerprint density at radius 1 is 1.11 bits per heavy atom. The van der Waals surface area contributed by atoms with Crippen LogP contribution in [0.15, 0.2) is 18.3 Å². The summed E-state index contributed by atoms with van der Waals surface area (Å²) >= 11 is 0. The zero-order chi connectivity index (χ0) is 14.1. The monoisotopic (exact) mass is 279 g/mol. The van der Waals surface area contributed by atoms with E-state index in [1.54, 1.807) is 6.20 Å². The highest BCUT2D eigenvalue weighted by atomic mass is 28.3. The van der Waals surface area contributed by atoms with Crippen LogP contribution >= 0.6 is 0 Å². The summed E-state index contributed by atoms with van der Waals surface area (Å²) in [5, 5.41) is 0. The van der Waals surface area contributed by atoms with Crippen LogP contribution in [0.4, 0.5) is 0 Å². The van der Waals surface area contributed by atoms with Crippen molar-refractivity contribution < 1.29 is 4.74 Å². The van der Waals surface area contributed by atoms with E-state index in [1.807, 2.05) is 19.1 Å². The molecule has 0 aromatic carbocycles. The van der Waals surface area contributed by atoms with Gasteiger partial charge in [0.1, 0.15) is 0 Å². The van der Waals surface area contributed by atoms with Crippen LogP contribution in [0.3, 0.4) is 0 Å². The van der Waals surface area contributed by atoms with Gasteiger partial charge in [-0.3, -0.25) is 0 Å². The summed E-state index contributed by atoms with van der Waals surface area (Å²) in [5.41, 5.74) is 1.13. The third kappa shape index (κ3) is 4.98. The first-order valence-electron chi connectivity index (χ1n) is 7.72. The molecule has 108 valence electrons. The van der Waals surface area contributed by atoms with Gasteiger partial charge in [-0.05, 0) is 19.4 Å². The van der Waals surface area contributed by atoms with Gasteiger partial charge in [0.15, 0.2) is 0 Å². The molecule has 0 atom stereocenters. The third-order valence-corrected chi connectivity index (χ3v) is 10.5. The lowest BCUT2D eigenvalue weighted by Gasteiger charge is -2.27. The highest BCUT2D eigenvalue weighted by Gasteiger charge is 2.25. The zero-order valence-corrected chi connectivity index (χ0v) is 14.0. The van der Waals surface area contributed by atoms with Crippen LogP contribution < -0.4 is 4.74 Å². The molecule has 1 aromatic rings. The van der Waals surface area contributed by atoms with Crippen molar-refractivity contribution in [2.24, 2.45) is 0 Å². The first-order chi connectivity index (χ1) is 9.17. The quantitative estimate of drug-likeness (QED) is 0.466. The number of ether oxygens (including phenoxy) is 1. The lowest BCUT2D eigenvalue weighted by molar-refractivity contribution is 0.295. The van der Waals surface area contributed by atoms with Crippen LogP contribution in [0, 0.1) is 6.92 Å². The average Bonchev–Trinajstić information content (AvgIpc) is 2.45. The Morgan fingerprint density at radius 3 is 2.37 bits per heavy atom. The van der Waals surface area contributed by atoms with Crippen LogP contribution in [-0.2, 0) is 0 Å². The summed E-state index contributed by atoms with van der Waals surface area (Å²) in [5.74, 6) is 0.799. The molecule has 0 aliphatic carbocycles. The number of unbranched alkanes of at least 4 members (excludes halogenated alkanes) is 1. The molecule has 0 radical (unpaired) electrons. The molecule has 0 N–H and O–H groups in total. The van der Waals surface area contributed by atoms with Gasteiger partial charge in [-0.2, -0.15) is 0 Å². The van der Waals surface area contributed by atoms with Crippen molar-refractivity contribution in [2.45, 2.75) is 64.7 Å². The van der Waals surface area contributed by atoms with Crippen molar-refractivity contribution in [3.05, 3.63) is 23.9 Å². The van der Waals surface area contributed by atoms with Gasteiger partial charge >= 0.3 is 0 Å². The first kappa shape index (κ1) is 16.2. The molecule has 0 fully saturated rings. The van der Waals surface area contributed by atoms with E-state index in [0.29, 0.717) is 0 Å². The van der Waals surface area contributed by atoms with Crippen LogP contribution in [0.5, 0.6) is 5.88 Å². The number of hydrogen-bond acceptors (Lipinski definition) is 2. The molecule has 0 saturated carbocycles. The van der Waals surface area contributed by atoms with E-state index < -0.39 is 8.07 Å². The summed E-state index contributed by atoms with van der Waals surface area (Å²) in [6.45, 7) is 10.00. The minimum atomic E-state index is -0.929. The van der Waals surface area contributed by atoms with Gasteiger partial charge in [-0.25, -0.2) is 4.98 Å². The number of pyridine rings is 1.